The zero-order valence-corrected chi connectivity index (χ0v) is 17.8. The number of rotatable bonds is 2. The molecule has 3 rings (SSSR count). The molecule has 35 heavy (non-hydrogen) atoms. The Morgan fingerprint density at radius 1 is 0.600 bits per heavy atom. The van der Waals surface area contributed by atoms with E-state index in [0.717, 1.165) is 12.1 Å². The number of nitrogens with zero attached hydrogens (tertiary/aromatic N) is 2. The lowest BCUT2D eigenvalue weighted by molar-refractivity contribution is -0.193. The summed E-state index contributed by atoms with van der Waals surface area (Å²) in [6.07, 6.45) is -9.87. The number of carboxylic acid groups (broad SMARTS) is 3. The highest BCUT2D eigenvalue weighted by Gasteiger charge is 2.39. The molecule has 3 aliphatic rings. The second-order valence-corrected chi connectivity index (χ2v) is 7.60. The van der Waals surface area contributed by atoms with E-state index in [1.807, 2.05) is 0 Å². The molecular formula is C17H24F9N3O6. The van der Waals surface area contributed by atoms with Crippen molar-refractivity contribution in [1.82, 2.24) is 9.80 Å². The molecule has 0 atom stereocenters. The highest BCUT2D eigenvalue weighted by molar-refractivity contribution is 5.73. The molecule has 1 aliphatic heterocycles. The predicted octanol–water partition coefficient (Wildman–Crippen LogP) is 2.16. The predicted molar refractivity (Wildman–Crippen MR) is 98.2 cm³/mol. The molecule has 1 heterocycles. The van der Waals surface area contributed by atoms with Crippen molar-refractivity contribution in [3.05, 3.63) is 0 Å². The summed E-state index contributed by atoms with van der Waals surface area (Å²) in [7, 11) is 0. The summed E-state index contributed by atoms with van der Waals surface area (Å²) in [4.78, 5) is 32.0. The summed E-state index contributed by atoms with van der Waals surface area (Å²) >= 11 is 0. The molecule has 9 nitrogen and oxygen atoms in total. The summed E-state index contributed by atoms with van der Waals surface area (Å²) < 4.78 is 95.2. The van der Waals surface area contributed by atoms with Crippen molar-refractivity contribution in [3.8, 4) is 0 Å². The first-order valence-electron chi connectivity index (χ1n) is 9.80. The second-order valence-electron chi connectivity index (χ2n) is 7.60. The number of nitrogens with two attached hydrogens (primary N) is 1. The monoisotopic (exact) mass is 537 g/mol. The van der Waals surface area contributed by atoms with E-state index >= 15 is 0 Å². The van der Waals surface area contributed by atoms with Gasteiger partial charge < -0.3 is 21.1 Å². The Bertz CT molecular complexity index is 640. The summed E-state index contributed by atoms with van der Waals surface area (Å²) in [5, 5.41) is 21.4. The molecule has 0 aromatic rings. The zero-order valence-electron chi connectivity index (χ0n) is 17.8. The van der Waals surface area contributed by atoms with Gasteiger partial charge in [-0.2, -0.15) is 39.5 Å². The topological polar surface area (TPSA) is 144 Å². The summed E-state index contributed by atoms with van der Waals surface area (Å²) in [5.41, 5.74) is 5.82. The zero-order chi connectivity index (χ0) is 27.8. The smallest absolute Gasteiger partial charge is 0.475 e. The van der Waals surface area contributed by atoms with Gasteiger partial charge in [0.2, 0.25) is 0 Å². The van der Waals surface area contributed by atoms with Crippen LogP contribution in [0, 0.1) is 0 Å². The van der Waals surface area contributed by atoms with Crippen molar-refractivity contribution in [2.75, 3.05) is 26.2 Å². The summed E-state index contributed by atoms with van der Waals surface area (Å²) in [6.45, 7) is 5.18. The van der Waals surface area contributed by atoms with E-state index in [2.05, 4.69) is 9.80 Å². The molecule has 0 radical (unpaired) electrons. The van der Waals surface area contributed by atoms with E-state index in [1.54, 1.807) is 0 Å². The van der Waals surface area contributed by atoms with E-state index < -0.39 is 36.4 Å². The van der Waals surface area contributed by atoms with Gasteiger partial charge in [0.25, 0.3) is 0 Å². The third kappa shape index (κ3) is 14.0. The molecule has 18 heteroatoms. The first-order valence-corrected chi connectivity index (χ1v) is 9.80. The minimum absolute atomic E-state index is 0.501. The molecular weight excluding hydrogens is 513 g/mol. The van der Waals surface area contributed by atoms with Crippen LogP contribution in [-0.2, 0) is 14.4 Å². The van der Waals surface area contributed by atoms with E-state index in [-0.39, 0.29) is 0 Å². The molecule has 0 unspecified atom stereocenters. The van der Waals surface area contributed by atoms with Crippen molar-refractivity contribution in [2.24, 2.45) is 5.73 Å². The largest absolute Gasteiger partial charge is 0.490 e. The second kappa shape index (κ2) is 13.1. The molecule has 0 aromatic carbocycles. The lowest BCUT2D eigenvalue weighted by Crippen LogP contribution is -2.57. The van der Waals surface area contributed by atoms with Crippen LogP contribution < -0.4 is 5.73 Å². The van der Waals surface area contributed by atoms with Crippen LogP contribution in [0.3, 0.4) is 0 Å². The van der Waals surface area contributed by atoms with E-state index in [9.17, 15) is 39.5 Å². The molecule has 0 bridgehead atoms. The van der Waals surface area contributed by atoms with Gasteiger partial charge in [-0.15, -0.1) is 0 Å². The first-order chi connectivity index (χ1) is 15.7. The Morgan fingerprint density at radius 3 is 1.00 bits per heavy atom. The van der Waals surface area contributed by atoms with Crippen LogP contribution in [0.25, 0.3) is 0 Å². The van der Waals surface area contributed by atoms with Crippen molar-refractivity contribution in [1.29, 1.82) is 0 Å². The van der Waals surface area contributed by atoms with Crippen molar-refractivity contribution >= 4 is 17.9 Å². The van der Waals surface area contributed by atoms with Gasteiger partial charge in [-0.25, -0.2) is 14.4 Å². The van der Waals surface area contributed by atoms with Crippen LogP contribution in [0.2, 0.25) is 0 Å². The average molecular weight is 537 g/mol. The van der Waals surface area contributed by atoms with Crippen LogP contribution in [0.15, 0.2) is 0 Å². The fraction of sp³-hybridized carbons (Fsp3) is 0.824. The summed E-state index contributed by atoms with van der Waals surface area (Å²) in [5.74, 6) is -8.27. The van der Waals surface area contributed by atoms with Gasteiger partial charge in [-0.3, -0.25) is 9.80 Å². The van der Waals surface area contributed by atoms with Crippen LogP contribution in [0.5, 0.6) is 0 Å². The summed E-state index contributed by atoms with van der Waals surface area (Å²) in [6, 6.07) is 2.29. The maximum atomic E-state index is 10.6. The average Bonchev–Trinajstić information content (AvgIpc) is 3.50. The number of hydrogen-bond acceptors (Lipinski definition) is 6. The number of hydrogen-bond donors (Lipinski definition) is 4. The fourth-order valence-electron chi connectivity index (χ4n) is 2.84. The Morgan fingerprint density at radius 2 is 0.829 bits per heavy atom. The van der Waals surface area contributed by atoms with Crippen molar-refractivity contribution in [2.45, 2.75) is 62.3 Å². The quantitative estimate of drug-likeness (QED) is 0.390. The standard InChI is InChI=1S/C11H21N3.3C2HF3O2/c12-9-7-11(8-9)14-5-3-13(4-6-14)10-1-2-10;3*3-2(4,5)1(6)7/h9-11H,1-8,12H2;3*(H,6,7). The maximum absolute atomic E-state index is 10.6. The molecule has 2 saturated carbocycles. The number of carbonyl (C=O) groups is 3. The van der Waals surface area contributed by atoms with Crippen LogP contribution in [0.4, 0.5) is 39.5 Å². The third-order valence-corrected chi connectivity index (χ3v) is 4.81. The van der Waals surface area contributed by atoms with E-state index in [4.69, 9.17) is 35.4 Å². The highest BCUT2D eigenvalue weighted by Crippen LogP contribution is 2.30. The van der Waals surface area contributed by atoms with Crippen LogP contribution >= 0.6 is 0 Å². The minimum Gasteiger partial charge on any atom is -0.475 e. The first kappa shape index (κ1) is 32.7. The van der Waals surface area contributed by atoms with E-state index in [0.29, 0.717) is 6.04 Å². The van der Waals surface area contributed by atoms with Gasteiger partial charge in [0.15, 0.2) is 0 Å². The molecule has 3 fully saturated rings. The molecule has 206 valence electrons. The van der Waals surface area contributed by atoms with Gasteiger partial charge in [-0.05, 0) is 25.7 Å². The SMILES string of the molecule is NC1CC(N2CCN(C3CC3)CC2)C1.O=C(O)C(F)(F)F.O=C(O)C(F)(F)F.O=C(O)C(F)(F)F. The van der Waals surface area contributed by atoms with Crippen LogP contribution in [0.1, 0.15) is 25.7 Å². The Kier molecular flexibility index (Phi) is 12.2. The van der Waals surface area contributed by atoms with Gasteiger partial charge in [0, 0.05) is 44.3 Å². The normalized spacial score (nSPS) is 23.1. The number of piperazine rings is 1. The number of alkyl halides is 9. The van der Waals surface area contributed by atoms with Gasteiger partial charge in [0.05, 0.1) is 0 Å². The lowest BCUT2D eigenvalue weighted by Gasteiger charge is -2.45. The van der Waals surface area contributed by atoms with Crippen molar-refractivity contribution < 1.29 is 69.2 Å². The third-order valence-electron chi connectivity index (χ3n) is 4.81. The Labute approximate surface area is 192 Å². The van der Waals surface area contributed by atoms with E-state index in [1.165, 1.54) is 51.9 Å². The van der Waals surface area contributed by atoms with Gasteiger partial charge in [-0.1, -0.05) is 0 Å². The Hall–Kier alpha value is -2.34. The number of aliphatic carboxylic acids is 3. The number of carboxylic acids is 3. The molecule has 2 aliphatic carbocycles. The lowest BCUT2D eigenvalue weighted by atomic mass is 9.86. The van der Waals surface area contributed by atoms with Gasteiger partial charge >= 0.3 is 36.4 Å². The maximum Gasteiger partial charge on any atom is 0.490 e. The molecule has 0 amide bonds. The van der Waals surface area contributed by atoms with Crippen molar-refractivity contribution in [3.63, 3.8) is 0 Å². The number of halogens is 9. The molecule has 0 aromatic heterocycles. The fourth-order valence-corrected chi connectivity index (χ4v) is 2.84. The van der Waals surface area contributed by atoms with Gasteiger partial charge in [0.1, 0.15) is 0 Å². The highest BCUT2D eigenvalue weighted by atomic mass is 19.4. The van der Waals surface area contributed by atoms with Crippen LogP contribution in [-0.4, -0.2) is 106 Å². The molecule has 0 spiro atoms. The minimum atomic E-state index is -5.08. The Balaban J connectivity index is 0.000000478. The molecule has 5 N–H and O–H groups in total. The molecule has 1 saturated heterocycles.